The van der Waals surface area contributed by atoms with Gasteiger partial charge in [0, 0.05) is 12.0 Å². The van der Waals surface area contributed by atoms with Crippen molar-refractivity contribution in [3.8, 4) is 11.5 Å². The second-order valence-electron chi connectivity index (χ2n) is 5.88. The van der Waals surface area contributed by atoms with Crippen molar-refractivity contribution >= 4 is 0 Å². The summed E-state index contributed by atoms with van der Waals surface area (Å²) in [5, 5.41) is 0. The lowest BCUT2D eigenvalue weighted by Gasteiger charge is -2.32. The SMILES string of the molecule is COc1cc(C)c(C(C)(CN)CC(C)C)cc1OC. The highest BCUT2D eigenvalue weighted by molar-refractivity contribution is 5.49. The molecule has 1 unspecified atom stereocenters. The van der Waals surface area contributed by atoms with Crippen molar-refractivity contribution in [2.24, 2.45) is 11.7 Å². The number of nitrogens with two attached hydrogens (primary N) is 1. The van der Waals surface area contributed by atoms with E-state index in [1.807, 2.05) is 6.07 Å². The van der Waals surface area contributed by atoms with E-state index in [1.54, 1.807) is 14.2 Å². The molecule has 0 spiro atoms. The van der Waals surface area contributed by atoms with Gasteiger partial charge in [0.25, 0.3) is 0 Å². The molecule has 0 aliphatic rings. The summed E-state index contributed by atoms with van der Waals surface area (Å²) in [4.78, 5) is 0. The first kappa shape index (κ1) is 15.8. The third kappa shape index (κ3) is 3.41. The lowest BCUT2D eigenvalue weighted by Crippen LogP contribution is -2.34. The zero-order valence-electron chi connectivity index (χ0n) is 13.0. The fraction of sp³-hybridized carbons (Fsp3) is 0.625. The number of hydrogen-bond donors (Lipinski definition) is 1. The van der Waals surface area contributed by atoms with Gasteiger partial charge in [-0.3, -0.25) is 0 Å². The number of hydrogen-bond acceptors (Lipinski definition) is 3. The second kappa shape index (κ2) is 6.29. The summed E-state index contributed by atoms with van der Waals surface area (Å²) in [6.45, 7) is 9.41. The second-order valence-corrected chi connectivity index (χ2v) is 5.88. The zero-order valence-corrected chi connectivity index (χ0v) is 13.0. The highest BCUT2D eigenvalue weighted by Gasteiger charge is 2.29. The van der Waals surface area contributed by atoms with Gasteiger partial charge in [-0.2, -0.15) is 0 Å². The van der Waals surface area contributed by atoms with E-state index in [2.05, 4.69) is 33.8 Å². The Kier molecular flexibility index (Phi) is 5.24. The Labute approximate surface area is 117 Å². The maximum Gasteiger partial charge on any atom is 0.161 e. The largest absolute Gasteiger partial charge is 0.493 e. The predicted molar refractivity (Wildman–Crippen MR) is 80.1 cm³/mol. The van der Waals surface area contributed by atoms with Gasteiger partial charge in [0.1, 0.15) is 0 Å². The van der Waals surface area contributed by atoms with E-state index in [-0.39, 0.29) is 5.41 Å². The molecule has 0 aliphatic heterocycles. The summed E-state index contributed by atoms with van der Waals surface area (Å²) in [5.41, 5.74) is 8.47. The highest BCUT2D eigenvalue weighted by Crippen LogP contribution is 2.38. The lowest BCUT2D eigenvalue weighted by atomic mass is 9.74. The molecule has 0 saturated heterocycles. The Balaban J connectivity index is 3.31. The first-order valence-electron chi connectivity index (χ1n) is 6.81. The molecule has 1 atom stereocenters. The van der Waals surface area contributed by atoms with Gasteiger partial charge in [0.15, 0.2) is 11.5 Å². The van der Waals surface area contributed by atoms with Gasteiger partial charge in [-0.25, -0.2) is 0 Å². The minimum atomic E-state index is -0.0300. The third-order valence-electron chi connectivity index (χ3n) is 3.69. The Hall–Kier alpha value is -1.22. The molecule has 3 heteroatoms. The standard InChI is InChI=1S/C16H27NO2/c1-11(2)9-16(4,10-17)13-8-15(19-6)14(18-5)7-12(13)3/h7-8,11H,9-10,17H2,1-6H3. The van der Waals surface area contributed by atoms with Crippen molar-refractivity contribution < 1.29 is 9.47 Å². The molecule has 3 nitrogen and oxygen atoms in total. The van der Waals surface area contributed by atoms with Crippen LogP contribution in [0.5, 0.6) is 11.5 Å². The molecule has 1 aromatic carbocycles. The van der Waals surface area contributed by atoms with Crippen LogP contribution in [0.3, 0.4) is 0 Å². The van der Waals surface area contributed by atoms with Gasteiger partial charge in [0.05, 0.1) is 14.2 Å². The minimum Gasteiger partial charge on any atom is -0.493 e. The summed E-state index contributed by atoms with van der Waals surface area (Å²) in [6.07, 6.45) is 1.06. The van der Waals surface area contributed by atoms with E-state index < -0.39 is 0 Å². The van der Waals surface area contributed by atoms with Crippen LogP contribution in [0.1, 0.15) is 38.3 Å². The fourth-order valence-electron chi connectivity index (χ4n) is 2.84. The van der Waals surface area contributed by atoms with Crippen LogP contribution in [0.2, 0.25) is 0 Å². The Morgan fingerprint density at radius 2 is 1.68 bits per heavy atom. The summed E-state index contributed by atoms with van der Waals surface area (Å²) >= 11 is 0. The lowest BCUT2D eigenvalue weighted by molar-refractivity contribution is 0.346. The van der Waals surface area contributed by atoms with Gasteiger partial charge in [-0.05, 0) is 42.5 Å². The first-order valence-corrected chi connectivity index (χ1v) is 6.81. The molecule has 0 saturated carbocycles. The monoisotopic (exact) mass is 265 g/mol. The van der Waals surface area contributed by atoms with Crippen LogP contribution >= 0.6 is 0 Å². The van der Waals surface area contributed by atoms with Crippen molar-refractivity contribution in [2.75, 3.05) is 20.8 Å². The molecular weight excluding hydrogens is 238 g/mol. The number of ether oxygens (including phenoxy) is 2. The molecule has 19 heavy (non-hydrogen) atoms. The van der Waals surface area contributed by atoms with Crippen LogP contribution in [-0.2, 0) is 5.41 Å². The molecule has 2 N–H and O–H groups in total. The van der Waals surface area contributed by atoms with Gasteiger partial charge >= 0.3 is 0 Å². The average Bonchev–Trinajstić information content (AvgIpc) is 2.37. The molecule has 0 aromatic heterocycles. The molecule has 0 radical (unpaired) electrons. The summed E-state index contributed by atoms with van der Waals surface area (Å²) < 4.78 is 10.8. The molecule has 0 aliphatic carbocycles. The van der Waals surface area contributed by atoms with E-state index in [9.17, 15) is 0 Å². The highest BCUT2D eigenvalue weighted by atomic mass is 16.5. The maximum atomic E-state index is 6.05. The molecule has 1 aromatic rings. The quantitative estimate of drug-likeness (QED) is 0.858. The van der Waals surface area contributed by atoms with Crippen molar-refractivity contribution in [1.82, 2.24) is 0 Å². The van der Waals surface area contributed by atoms with Crippen LogP contribution in [0.4, 0.5) is 0 Å². The Morgan fingerprint density at radius 1 is 1.16 bits per heavy atom. The van der Waals surface area contributed by atoms with Crippen LogP contribution < -0.4 is 15.2 Å². The van der Waals surface area contributed by atoms with E-state index in [0.29, 0.717) is 12.5 Å². The molecular formula is C16H27NO2. The number of rotatable bonds is 6. The van der Waals surface area contributed by atoms with E-state index >= 15 is 0 Å². The van der Waals surface area contributed by atoms with Crippen LogP contribution in [-0.4, -0.2) is 20.8 Å². The molecule has 0 fully saturated rings. The van der Waals surface area contributed by atoms with Crippen LogP contribution in [0.25, 0.3) is 0 Å². The Morgan fingerprint density at radius 3 is 2.11 bits per heavy atom. The normalized spacial score (nSPS) is 14.3. The summed E-state index contributed by atoms with van der Waals surface area (Å²) in [7, 11) is 3.33. The maximum absolute atomic E-state index is 6.05. The minimum absolute atomic E-state index is 0.0300. The zero-order chi connectivity index (χ0) is 14.6. The number of benzene rings is 1. The van der Waals surface area contributed by atoms with E-state index in [4.69, 9.17) is 15.2 Å². The number of methoxy groups -OCH3 is 2. The number of aryl methyl sites for hydroxylation is 1. The van der Waals surface area contributed by atoms with E-state index in [1.165, 1.54) is 11.1 Å². The summed E-state index contributed by atoms with van der Waals surface area (Å²) in [6, 6.07) is 4.10. The first-order chi connectivity index (χ1) is 8.87. The van der Waals surface area contributed by atoms with Gasteiger partial charge in [-0.1, -0.05) is 20.8 Å². The predicted octanol–water partition coefficient (Wildman–Crippen LogP) is 3.27. The smallest absolute Gasteiger partial charge is 0.161 e. The van der Waals surface area contributed by atoms with Gasteiger partial charge in [-0.15, -0.1) is 0 Å². The topological polar surface area (TPSA) is 44.5 Å². The van der Waals surface area contributed by atoms with Crippen LogP contribution in [0, 0.1) is 12.8 Å². The van der Waals surface area contributed by atoms with Gasteiger partial charge in [0.2, 0.25) is 0 Å². The molecule has 0 heterocycles. The summed E-state index contributed by atoms with van der Waals surface area (Å²) in [5.74, 6) is 2.14. The Bertz CT molecular complexity index is 429. The van der Waals surface area contributed by atoms with Crippen molar-refractivity contribution in [3.05, 3.63) is 23.3 Å². The molecule has 0 amide bonds. The third-order valence-corrected chi connectivity index (χ3v) is 3.69. The molecule has 1 rings (SSSR count). The molecule has 108 valence electrons. The van der Waals surface area contributed by atoms with Crippen molar-refractivity contribution in [3.63, 3.8) is 0 Å². The molecule has 0 bridgehead atoms. The van der Waals surface area contributed by atoms with Crippen molar-refractivity contribution in [2.45, 2.75) is 39.5 Å². The van der Waals surface area contributed by atoms with Crippen LogP contribution in [0.15, 0.2) is 12.1 Å². The average molecular weight is 265 g/mol. The van der Waals surface area contributed by atoms with Crippen molar-refractivity contribution in [1.29, 1.82) is 0 Å². The van der Waals surface area contributed by atoms with Gasteiger partial charge < -0.3 is 15.2 Å². The fourth-order valence-corrected chi connectivity index (χ4v) is 2.84. The van der Waals surface area contributed by atoms with E-state index in [0.717, 1.165) is 17.9 Å².